The van der Waals surface area contributed by atoms with Crippen LogP contribution in [-0.2, 0) is 14.3 Å². The van der Waals surface area contributed by atoms with Crippen LogP contribution in [0.25, 0.3) is 0 Å². The second-order valence-corrected chi connectivity index (χ2v) is 4.60. The Balaban J connectivity index is 4.40. The zero-order valence-corrected chi connectivity index (χ0v) is 11.2. The van der Waals surface area contributed by atoms with E-state index >= 15 is 0 Å². The minimum absolute atomic E-state index is 0.114. The highest BCUT2D eigenvalue weighted by Crippen LogP contribution is 2.16. The Bertz CT molecular complexity index is 274. The number of ether oxygens (including phenoxy) is 1. The summed E-state index contributed by atoms with van der Waals surface area (Å²) < 4.78 is 4.56. The first-order valence-electron chi connectivity index (χ1n) is 5.91. The van der Waals surface area contributed by atoms with Crippen molar-refractivity contribution in [2.75, 3.05) is 7.11 Å². The molecule has 17 heavy (non-hydrogen) atoms. The van der Waals surface area contributed by atoms with E-state index in [1.807, 2.05) is 0 Å². The number of amides is 1. The first-order chi connectivity index (χ1) is 7.92. The van der Waals surface area contributed by atoms with Crippen molar-refractivity contribution in [1.29, 1.82) is 0 Å². The van der Waals surface area contributed by atoms with Gasteiger partial charge in [0, 0.05) is 5.92 Å². The Morgan fingerprint density at radius 3 is 2.35 bits per heavy atom. The van der Waals surface area contributed by atoms with Crippen LogP contribution in [0.4, 0.5) is 0 Å². The third kappa shape index (κ3) is 6.09. The predicted molar refractivity (Wildman–Crippen MR) is 67.4 cm³/mol. The second-order valence-electron chi connectivity index (χ2n) is 4.60. The fourth-order valence-corrected chi connectivity index (χ4v) is 1.65. The van der Waals surface area contributed by atoms with Crippen LogP contribution in [0, 0.1) is 11.8 Å². The zero-order valence-electron chi connectivity index (χ0n) is 11.2. The van der Waals surface area contributed by atoms with Gasteiger partial charge in [-0.1, -0.05) is 19.9 Å². The molecule has 0 spiro atoms. The van der Waals surface area contributed by atoms with E-state index in [0.717, 1.165) is 6.42 Å². The number of carbonyl (C=O) groups is 2. The maximum Gasteiger partial charge on any atom is 0.328 e. The van der Waals surface area contributed by atoms with Crippen molar-refractivity contribution in [3.05, 3.63) is 12.7 Å². The molecule has 0 aliphatic rings. The van der Waals surface area contributed by atoms with Crippen molar-refractivity contribution < 1.29 is 14.3 Å². The lowest BCUT2D eigenvalue weighted by Gasteiger charge is -2.19. The van der Waals surface area contributed by atoms with E-state index in [2.05, 4.69) is 30.5 Å². The molecule has 0 unspecified atom stereocenters. The van der Waals surface area contributed by atoms with Crippen molar-refractivity contribution in [3.63, 3.8) is 0 Å². The van der Waals surface area contributed by atoms with E-state index in [1.165, 1.54) is 7.11 Å². The fourth-order valence-electron chi connectivity index (χ4n) is 1.65. The third-order valence-electron chi connectivity index (χ3n) is 2.49. The summed E-state index contributed by atoms with van der Waals surface area (Å²) in [7, 11) is 1.31. The van der Waals surface area contributed by atoms with Crippen LogP contribution >= 0.6 is 0 Å². The second kappa shape index (κ2) is 7.87. The summed E-state index contributed by atoms with van der Waals surface area (Å²) in [5.41, 5.74) is 0. The van der Waals surface area contributed by atoms with Crippen molar-refractivity contribution >= 4 is 11.9 Å². The van der Waals surface area contributed by atoms with Crippen LogP contribution < -0.4 is 5.32 Å². The van der Waals surface area contributed by atoms with Crippen molar-refractivity contribution in [1.82, 2.24) is 5.32 Å². The molecule has 1 N–H and O–H groups in total. The van der Waals surface area contributed by atoms with Gasteiger partial charge in [-0.25, -0.2) is 4.79 Å². The van der Waals surface area contributed by atoms with Gasteiger partial charge in [-0.3, -0.25) is 4.79 Å². The summed E-state index contributed by atoms with van der Waals surface area (Å²) in [5.74, 6) is -0.240. The number of hydrogen-bond acceptors (Lipinski definition) is 3. The number of hydrogen-bond donors (Lipinski definition) is 1. The van der Waals surface area contributed by atoms with Gasteiger partial charge in [0.1, 0.15) is 6.04 Å². The average molecular weight is 241 g/mol. The maximum atomic E-state index is 11.9. The molecule has 0 radical (unpaired) electrons. The predicted octanol–water partition coefficient (Wildman–Crippen LogP) is 1.90. The largest absolute Gasteiger partial charge is 0.467 e. The van der Waals surface area contributed by atoms with Gasteiger partial charge in [0.2, 0.25) is 5.91 Å². The van der Waals surface area contributed by atoms with Crippen LogP contribution in [0.15, 0.2) is 12.7 Å². The summed E-state index contributed by atoms with van der Waals surface area (Å²) >= 11 is 0. The van der Waals surface area contributed by atoms with Gasteiger partial charge >= 0.3 is 5.97 Å². The molecule has 0 aromatic carbocycles. The van der Waals surface area contributed by atoms with Crippen LogP contribution in [0.3, 0.4) is 0 Å². The van der Waals surface area contributed by atoms with Crippen molar-refractivity contribution in [3.8, 4) is 0 Å². The summed E-state index contributed by atoms with van der Waals surface area (Å²) in [6.07, 6.45) is 3.14. The monoisotopic (exact) mass is 241 g/mol. The van der Waals surface area contributed by atoms with Crippen LogP contribution in [0.1, 0.15) is 33.6 Å². The van der Waals surface area contributed by atoms with Crippen molar-refractivity contribution in [2.24, 2.45) is 11.8 Å². The molecular weight excluding hydrogens is 218 g/mol. The molecule has 98 valence electrons. The van der Waals surface area contributed by atoms with Gasteiger partial charge in [0.15, 0.2) is 0 Å². The summed E-state index contributed by atoms with van der Waals surface area (Å²) in [6.45, 7) is 9.39. The normalized spacial score (nSPS) is 13.9. The number of esters is 1. The van der Waals surface area contributed by atoms with Gasteiger partial charge in [-0.05, 0) is 25.7 Å². The van der Waals surface area contributed by atoms with Crippen LogP contribution in [-0.4, -0.2) is 25.0 Å². The minimum atomic E-state index is -0.605. The lowest BCUT2D eigenvalue weighted by Crippen LogP contribution is -2.42. The molecule has 2 atom stereocenters. The lowest BCUT2D eigenvalue weighted by molar-refractivity contribution is -0.145. The Hall–Kier alpha value is -1.32. The molecule has 4 heteroatoms. The summed E-state index contributed by atoms with van der Waals surface area (Å²) in [6, 6.07) is -0.605. The average Bonchev–Trinajstić information content (AvgIpc) is 2.26. The molecule has 4 nitrogen and oxygen atoms in total. The topological polar surface area (TPSA) is 55.4 Å². The SMILES string of the molecule is C=CC[C@H](CC(C)C)C(=O)N[C@@H](C)C(=O)OC. The number of nitrogens with one attached hydrogen (secondary N) is 1. The molecule has 0 aliphatic carbocycles. The minimum Gasteiger partial charge on any atom is -0.467 e. The zero-order chi connectivity index (χ0) is 13.4. The van der Waals surface area contributed by atoms with Gasteiger partial charge in [-0.15, -0.1) is 6.58 Å². The summed E-state index contributed by atoms with van der Waals surface area (Å²) in [4.78, 5) is 23.1. The van der Waals surface area contributed by atoms with Crippen LogP contribution in [0.5, 0.6) is 0 Å². The number of rotatable bonds is 7. The van der Waals surface area contributed by atoms with E-state index in [0.29, 0.717) is 12.3 Å². The highest BCUT2D eigenvalue weighted by Gasteiger charge is 2.22. The molecule has 0 fully saturated rings. The molecule has 0 heterocycles. The van der Waals surface area contributed by atoms with E-state index < -0.39 is 12.0 Å². The molecular formula is C13H23NO3. The Labute approximate surface area is 103 Å². The molecule has 0 aromatic rings. The Morgan fingerprint density at radius 1 is 1.35 bits per heavy atom. The van der Waals surface area contributed by atoms with Gasteiger partial charge in [0.05, 0.1) is 7.11 Å². The lowest BCUT2D eigenvalue weighted by atomic mass is 9.93. The van der Waals surface area contributed by atoms with E-state index in [-0.39, 0.29) is 11.8 Å². The first-order valence-corrected chi connectivity index (χ1v) is 5.91. The fraction of sp³-hybridized carbons (Fsp3) is 0.692. The smallest absolute Gasteiger partial charge is 0.328 e. The highest BCUT2D eigenvalue weighted by molar-refractivity contribution is 5.85. The molecule has 0 saturated heterocycles. The first kappa shape index (κ1) is 15.7. The van der Waals surface area contributed by atoms with E-state index in [9.17, 15) is 9.59 Å². The standard InChI is InChI=1S/C13H23NO3/c1-6-7-11(8-9(2)3)12(15)14-10(4)13(16)17-5/h6,9-11H,1,7-8H2,2-5H3,(H,14,15)/t10-,11+/m0/s1. The third-order valence-corrected chi connectivity index (χ3v) is 2.49. The molecule has 0 bridgehead atoms. The maximum absolute atomic E-state index is 11.9. The van der Waals surface area contributed by atoms with Gasteiger partial charge in [0.25, 0.3) is 0 Å². The van der Waals surface area contributed by atoms with Crippen LogP contribution in [0.2, 0.25) is 0 Å². The Kier molecular flexibility index (Phi) is 7.26. The highest BCUT2D eigenvalue weighted by atomic mass is 16.5. The van der Waals surface area contributed by atoms with Crippen molar-refractivity contribution in [2.45, 2.75) is 39.7 Å². The van der Waals surface area contributed by atoms with Gasteiger partial charge in [-0.2, -0.15) is 0 Å². The Morgan fingerprint density at radius 2 is 1.94 bits per heavy atom. The quantitative estimate of drug-likeness (QED) is 0.547. The van der Waals surface area contributed by atoms with Gasteiger partial charge < -0.3 is 10.1 Å². The molecule has 0 aliphatic heterocycles. The van der Waals surface area contributed by atoms with E-state index in [1.54, 1.807) is 13.0 Å². The molecule has 0 rings (SSSR count). The molecule has 0 saturated carbocycles. The van der Waals surface area contributed by atoms with E-state index in [4.69, 9.17) is 0 Å². The number of allylic oxidation sites excluding steroid dienone is 1. The molecule has 1 amide bonds. The molecule has 0 aromatic heterocycles. The summed E-state index contributed by atoms with van der Waals surface area (Å²) in [5, 5.41) is 2.66. The number of methoxy groups -OCH3 is 1. The number of carbonyl (C=O) groups excluding carboxylic acids is 2.